The van der Waals surface area contributed by atoms with E-state index in [0.29, 0.717) is 18.0 Å². The Bertz CT molecular complexity index is 373. The maximum atomic E-state index is 3.68. The van der Waals surface area contributed by atoms with Gasteiger partial charge in [0.25, 0.3) is 0 Å². The highest BCUT2D eigenvalue weighted by atomic mass is 15.2. The molecule has 0 saturated carbocycles. The average molecular weight is 260 g/mol. The highest BCUT2D eigenvalue weighted by molar-refractivity contribution is 5.46. The molecule has 2 heteroatoms. The van der Waals surface area contributed by atoms with Crippen molar-refractivity contribution >= 4 is 5.69 Å². The SMILES string of the molecule is CC(C)c1ccc(NC2CCN(C(C)C)CC2)cc1. The summed E-state index contributed by atoms with van der Waals surface area (Å²) in [4.78, 5) is 2.57. The fraction of sp³-hybridized carbons (Fsp3) is 0.647. The van der Waals surface area contributed by atoms with Crippen LogP contribution in [0.2, 0.25) is 0 Å². The summed E-state index contributed by atoms with van der Waals surface area (Å²) >= 11 is 0. The molecule has 1 fully saturated rings. The van der Waals surface area contributed by atoms with Crippen molar-refractivity contribution in [2.45, 2.75) is 58.5 Å². The van der Waals surface area contributed by atoms with Gasteiger partial charge in [0.1, 0.15) is 0 Å². The lowest BCUT2D eigenvalue weighted by Gasteiger charge is -2.35. The van der Waals surface area contributed by atoms with Gasteiger partial charge in [0.05, 0.1) is 0 Å². The van der Waals surface area contributed by atoms with Crippen LogP contribution >= 0.6 is 0 Å². The molecule has 0 bridgehead atoms. The Morgan fingerprint density at radius 1 is 1.00 bits per heavy atom. The molecule has 1 aromatic rings. The lowest BCUT2D eigenvalue weighted by molar-refractivity contribution is 0.177. The van der Waals surface area contributed by atoms with Crippen molar-refractivity contribution in [1.29, 1.82) is 0 Å². The third-order valence-electron chi connectivity index (χ3n) is 4.21. The third kappa shape index (κ3) is 3.97. The number of piperidine rings is 1. The summed E-state index contributed by atoms with van der Waals surface area (Å²) in [5, 5.41) is 3.68. The largest absolute Gasteiger partial charge is 0.382 e. The molecule has 0 aliphatic carbocycles. The fourth-order valence-corrected chi connectivity index (χ4v) is 2.76. The normalized spacial score (nSPS) is 18.2. The molecule has 0 unspecified atom stereocenters. The number of hydrogen-bond donors (Lipinski definition) is 1. The van der Waals surface area contributed by atoms with E-state index in [-0.39, 0.29) is 0 Å². The quantitative estimate of drug-likeness (QED) is 0.877. The second-order valence-corrected chi connectivity index (χ2v) is 6.33. The van der Waals surface area contributed by atoms with E-state index in [1.807, 2.05) is 0 Å². The standard InChI is InChI=1S/C17H28N2/c1-13(2)15-5-7-16(8-6-15)18-17-9-11-19(12-10-17)14(3)4/h5-8,13-14,17-18H,9-12H2,1-4H3. The highest BCUT2D eigenvalue weighted by Gasteiger charge is 2.20. The van der Waals surface area contributed by atoms with Crippen LogP contribution in [0.4, 0.5) is 5.69 Å². The van der Waals surface area contributed by atoms with Crippen molar-refractivity contribution in [3.8, 4) is 0 Å². The number of anilines is 1. The van der Waals surface area contributed by atoms with Gasteiger partial charge in [0.15, 0.2) is 0 Å². The fourth-order valence-electron chi connectivity index (χ4n) is 2.76. The van der Waals surface area contributed by atoms with E-state index in [9.17, 15) is 0 Å². The molecule has 1 N–H and O–H groups in total. The van der Waals surface area contributed by atoms with Crippen LogP contribution in [0.3, 0.4) is 0 Å². The van der Waals surface area contributed by atoms with Gasteiger partial charge < -0.3 is 10.2 Å². The Labute approximate surface area is 118 Å². The van der Waals surface area contributed by atoms with Crippen LogP contribution in [0.15, 0.2) is 24.3 Å². The first kappa shape index (κ1) is 14.4. The molecule has 1 saturated heterocycles. The maximum Gasteiger partial charge on any atom is 0.0342 e. The van der Waals surface area contributed by atoms with Gasteiger partial charge in [-0.1, -0.05) is 26.0 Å². The molecule has 0 aromatic heterocycles. The van der Waals surface area contributed by atoms with Crippen molar-refractivity contribution in [2.24, 2.45) is 0 Å². The molecule has 1 aliphatic rings. The number of hydrogen-bond acceptors (Lipinski definition) is 2. The van der Waals surface area contributed by atoms with Crippen LogP contribution in [-0.2, 0) is 0 Å². The molecule has 0 spiro atoms. The molecular weight excluding hydrogens is 232 g/mol. The van der Waals surface area contributed by atoms with Crippen molar-refractivity contribution in [2.75, 3.05) is 18.4 Å². The van der Waals surface area contributed by atoms with Gasteiger partial charge in [-0.3, -0.25) is 0 Å². The number of nitrogens with zero attached hydrogens (tertiary/aromatic N) is 1. The van der Waals surface area contributed by atoms with Crippen LogP contribution in [0.1, 0.15) is 52.0 Å². The minimum absolute atomic E-state index is 0.614. The Morgan fingerprint density at radius 3 is 2.05 bits per heavy atom. The van der Waals surface area contributed by atoms with Gasteiger partial charge in [-0.05, 0) is 50.3 Å². The Morgan fingerprint density at radius 2 is 1.58 bits per heavy atom. The van der Waals surface area contributed by atoms with Gasteiger partial charge >= 0.3 is 0 Å². The topological polar surface area (TPSA) is 15.3 Å². The van der Waals surface area contributed by atoms with Gasteiger partial charge in [-0.2, -0.15) is 0 Å². The van der Waals surface area contributed by atoms with Crippen molar-refractivity contribution in [3.05, 3.63) is 29.8 Å². The summed E-state index contributed by atoms with van der Waals surface area (Å²) in [5.41, 5.74) is 2.69. The smallest absolute Gasteiger partial charge is 0.0342 e. The highest BCUT2D eigenvalue weighted by Crippen LogP contribution is 2.20. The average Bonchev–Trinajstić information content (AvgIpc) is 2.40. The zero-order valence-corrected chi connectivity index (χ0v) is 12.8. The molecule has 1 aliphatic heterocycles. The summed E-state index contributed by atoms with van der Waals surface area (Å²) < 4.78 is 0. The van der Waals surface area contributed by atoms with Gasteiger partial charge in [-0.15, -0.1) is 0 Å². The molecule has 2 nitrogen and oxygen atoms in total. The van der Waals surface area contributed by atoms with E-state index in [2.05, 4.69) is 62.2 Å². The van der Waals surface area contributed by atoms with E-state index < -0.39 is 0 Å². The zero-order valence-electron chi connectivity index (χ0n) is 12.8. The van der Waals surface area contributed by atoms with Gasteiger partial charge in [-0.25, -0.2) is 0 Å². The first-order valence-corrected chi connectivity index (χ1v) is 7.67. The second-order valence-electron chi connectivity index (χ2n) is 6.33. The monoisotopic (exact) mass is 260 g/mol. The van der Waals surface area contributed by atoms with Crippen molar-refractivity contribution < 1.29 is 0 Å². The Hall–Kier alpha value is -1.02. The summed E-state index contributed by atoms with van der Waals surface area (Å²) in [6, 6.07) is 10.3. The minimum Gasteiger partial charge on any atom is -0.382 e. The van der Waals surface area contributed by atoms with Crippen LogP contribution in [0.25, 0.3) is 0 Å². The zero-order chi connectivity index (χ0) is 13.8. The van der Waals surface area contributed by atoms with E-state index in [0.717, 1.165) is 0 Å². The van der Waals surface area contributed by atoms with Crippen LogP contribution in [-0.4, -0.2) is 30.1 Å². The molecule has 0 radical (unpaired) electrons. The van der Waals surface area contributed by atoms with Crippen LogP contribution < -0.4 is 5.32 Å². The Balaban J connectivity index is 1.85. The lowest BCUT2D eigenvalue weighted by atomic mass is 10.0. The van der Waals surface area contributed by atoms with Crippen LogP contribution in [0.5, 0.6) is 0 Å². The van der Waals surface area contributed by atoms with Crippen molar-refractivity contribution in [3.63, 3.8) is 0 Å². The second kappa shape index (κ2) is 6.42. The van der Waals surface area contributed by atoms with E-state index in [1.54, 1.807) is 0 Å². The molecular formula is C17H28N2. The molecule has 106 valence electrons. The summed E-state index contributed by atoms with van der Waals surface area (Å²) in [6.45, 7) is 11.5. The summed E-state index contributed by atoms with van der Waals surface area (Å²) in [6.07, 6.45) is 2.51. The molecule has 0 amide bonds. The number of nitrogens with one attached hydrogen (secondary N) is 1. The maximum absolute atomic E-state index is 3.68. The molecule has 0 atom stereocenters. The predicted octanol–water partition coefficient (Wildman–Crippen LogP) is 4.09. The van der Waals surface area contributed by atoms with E-state index in [4.69, 9.17) is 0 Å². The number of rotatable bonds is 4. The molecule has 1 heterocycles. The molecule has 1 aromatic carbocycles. The first-order valence-electron chi connectivity index (χ1n) is 7.67. The van der Waals surface area contributed by atoms with Gasteiger partial charge in [0.2, 0.25) is 0 Å². The number of benzene rings is 1. The third-order valence-corrected chi connectivity index (χ3v) is 4.21. The van der Waals surface area contributed by atoms with Crippen molar-refractivity contribution in [1.82, 2.24) is 4.90 Å². The van der Waals surface area contributed by atoms with Gasteiger partial charge in [0, 0.05) is 30.9 Å². The predicted molar refractivity (Wildman–Crippen MR) is 83.9 cm³/mol. The van der Waals surface area contributed by atoms with E-state index in [1.165, 1.54) is 37.2 Å². The molecule has 19 heavy (non-hydrogen) atoms. The molecule has 2 rings (SSSR count). The van der Waals surface area contributed by atoms with E-state index >= 15 is 0 Å². The number of likely N-dealkylation sites (tertiary alicyclic amines) is 1. The summed E-state index contributed by atoms with van der Waals surface area (Å²) in [7, 11) is 0. The first-order chi connectivity index (χ1) is 9.06. The summed E-state index contributed by atoms with van der Waals surface area (Å²) in [5.74, 6) is 0.614. The Kier molecular flexibility index (Phi) is 4.87. The lowest BCUT2D eigenvalue weighted by Crippen LogP contribution is -2.42. The van der Waals surface area contributed by atoms with Crippen LogP contribution in [0, 0.1) is 0 Å². The minimum atomic E-state index is 0.614.